The number of aromatic nitrogens is 2. The number of alkyl halides is 3. The lowest BCUT2D eigenvalue weighted by Gasteiger charge is -2.33. The van der Waals surface area contributed by atoms with E-state index < -0.39 is 23.7 Å². The Bertz CT molecular complexity index is 1370. The molecule has 1 aromatic heterocycles. The Labute approximate surface area is 240 Å². The first-order valence-electron chi connectivity index (χ1n) is 14.2. The maximum absolute atomic E-state index is 14.6. The highest BCUT2D eigenvalue weighted by Gasteiger charge is 2.47. The van der Waals surface area contributed by atoms with E-state index in [4.69, 9.17) is 24.9 Å². The summed E-state index contributed by atoms with van der Waals surface area (Å²) in [5.74, 6) is -0.659. The largest absolute Gasteiger partial charge is 0.461 e. The summed E-state index contributed by atoms with van der Waals surface area (Å²) in [4.78, 5) is 13.7. The number of nitrogen functional groups attached to an aromatic ring is 1. The summed E-state index contributed by atoms with van der Waals surface area (Å²) < 4.78 is 87.6. The molecule has 1 aromatic carbocycles. The zero-order valence-electron chi connectivity index (χ0n) is 23.4. The highest BCUT2D eigenvalue weighted by atomic mass is 19.4. The van der Waals surface area contributed by atoms with Crippen LogP contribution in [0.3, 0.4) is 0 Å². The Morgan fingerprint density at radius 2 is 2.07 bits per heavy atom. The summed E-state index contributed by atoms with van der Waals surface area (Å²) in [5.41, 5.74) is 5.34. The fourth-order valence-corrected chi connectivity index (χ4v) is 6.78. The molecule has 0 saturated carbocycles. The van der Waals surface area contributed by atoms with Gasteiger partial charge in [-0.3, -0.25) is 4.90 Å². The molecule has 1 unspecified atom stereocenters. The molecular formula is C29H34F5N5O3. The van der Waals surface area contributed by atoms with Crippen LogP contribution in [0, 0.1) is 11.7 Å². The van der Waals surface area contributed by atoms with E-state index in [2.05, 4.69) is 21.7 Å². The molecule has 0 aliphatic carbocycles. The third-order valence-corrected chi connectivity index (χ3v) is 8.69. The van der Waals surface area contributed by atoms with Crippen LogP contribution in [0.25, 0.3) is 0 Å². The molecule has 3 fully saturated rings. The van der Waals surface area contributed by atoms with Gasteiger partial charge in [-0.1, -0.05) is 6.92 Å². The maximum Gasteiger partial charge on any atom is 0.419 e. The molecule has 0 bridgehead atoms. The average Bonchev–Trinajstić information content (AvgIpc) is 3.40. The van der Waals surface area contributed by atoms with E-state index in [1.165, 1.54) is 0 Å². The van der Waals surface area contributed by atoms with E-state index in [0.717, 1.165) is 31.0 Å². The smallest absolute Gasteiger partial charge is 0.419 e. The molecule has 42 heavy (non-hydrogen) atoms. The van der Waals surface area contributed by atoms with Crippen LogP contribution in [0.1, 0.15) is 54.7 Å². The highest BCUT2D eigenvalue weighted by Crippen LogP contribution is 2.44. The number of anilines is 2. The third kappa shape index (κ3) is 5.53. The molecule has 3 atom stereocenters. The Morgan fingerprint density at radius 1 is 1.24 bits per heavy atom. The van der Waals surface area contributed by atoms with Crippen molar-refractivity contribution in [3.63, 3.8) is 0 Å². The molecule has 13 heteroatoms. The zero-order chi connectivity index (χ0) is 29.6. The molecule has 2 aromatic rings. The number of fused-ring (bicyclic) bond motifs is 2. The number of ether oxygens (including phenoxy) is 3. The molecule has 3 saturated heterocycles. The van der Waals surface area contributed by atoms with Crippen LogP contribution in [-0.4, -0.2) is 66.4 Å². The fraction of sp³-hybridized carbons (Fsp3) is 0.586. The van der Waals surface area contributed by atoms with Crippen molar-refractivity contribution in [3.05, 3.63) is 52.2 Å². The Hall–Kier alpha value is -3.03. The third-order valence-electron chi connectivity index (χ3n) is 8.69. The Kier molecular flexibility index (Phi) is 7.77. The lowest BCUT2D eigenvalue weighted by atomic mass is 9.94. The minimum atomic E-state index is -4.94. The van der Waals surface area contributed by atoms with Crippen molar-refractivity contribution in [1.29, 1.82) is 0 Å². The minimum Gasteiger partial charge on any atom is -0.461 e. The van der Waals surface area contributed by atoms with Crippen molar-refractivity contribution in [2.75, 3.05) is 56.6 Å². The zero-order valence-corrected chi connectivity index (χ0v) is 23.4. The number of benzene rings is 1. The van der Waals surface area contributed by atoms with Gasteiger partial charge in [-0.15, -0.1) is 0 Å². The second kappa shape index (κ2) is 11.2. The van der Waals surface area contributed by atoms with Gasteiger partial charge in [0, 0.05) is 37.3 Å². The van der Waals surface area contributed by atoms with E-state index >= 15 is 0 Å². The quantitative estimate of drug-likeness (QED) is 0.383. The van der Waals surface area contributed by atoms with Gasteiger partial charge < -0.3 is 24.8 Å². The fourth-order valence-electron chi connectivity index (χ4n) is 6.78. The van der Waals surface area contributed by atoms with Gasteiger partial charge in [0.25, 0.3) is 0 Å². The van der Waals surface area contributed by atoms with Gasteiger partial charge in [-0.25, -0.2) is 8.78 Å². The monoisotopic (exact) mass is 595 g/mol. The van der Waals surface area contributed by atoms with Crippen LogP contribution in [0.15, 0.2) is 24.0 Å². The van der Waals surface area contributed by atoms with E-state index in [-0.39, 0.29) is 48.4 Å². The van der Waals surface area contributed by atoms with Crippen molar-refractivity contribution in [3.8, 4) is 6.01 Å². The van der Waals surface area contributed by atoms with E-state index in [1.54, 1.807) is 0 Å². The number of rotatable bonds is 5. The van der Waals surface area contributed by atoms with E-state index in [1.807, 2.05) is 0 Å². The maximum atomic E-state index is 14.6. The normalized spacial score (nSPS) is 27.7. The van der Waals surface area contributed by atoms with Gasteiger partial charge in [0.2, 0.25) is 0 Å². The molecule has 0 spiro atoms. The van der Waals surface area contributed by atoms with Crippen molar-refractivity contribution in [2.45, 2.75) is 57.0 Å². The van der Waals surface area contributed by atoms with Crippen molar-refractivity contribution in [2.24, 2.45) is 5.92 Å². The van der Waals surface area contributed by atoms with Gasteiger partial charge in [0.1, 0.15) is 18.2 Å². The molecule has 5 heterocycles. The number of hydrogen-bond donors (Lipinski definition) is 1. The molecule has 0 radical (unpaired) electrons. The topological polar surface area (TPSA) is 86.0 Å². The van der Waals surface area contributed by atoms with Crippen molar-refractivity contribution < 1.29 is 36.2 Å². The summed E-state index contributed by atoms with van der Waals surface area (Å²) in [7, 11) is 0. The number of nitrogens with two attached hydrogens (primary N) is 1. The highest BCUT2D eigenvalue weighted by molar-refractivity contribution is 5.53. The van der Waals surface area contributed by atoms with E-state index in [9.17, 15) is 22.0 Å². The summed E-state index contributed by atoms with van der Waals surface area (Å²) in [5, 5.41) is 0. The molecular weight excluding hydrogens is 561 g/mol. The second-order valence-corrected chi connectivity index (χ2v) is 11.8. The lowest BCUT2D eigenvalue weighted by Crippen LogP contribution is -2.43. The molecule has 228 valence electrons. The predicted molar refractivity (Wildman–Crippen MR) is 144 cm³/mol. The Morgan fingerprint density at radius 3 is 2.86 bits per heavy atom. The Balaban J connectivity index is 1.35. The molecule has 4 aliphatic heterocycles. The molecule has 0 amide bonds. The number of hydrogen-bond acceptors (Lipinski definition) is 8. The first kappa shape index (κ1) is 29.1. The van der Waals surface area contributed by atoms with Gasteiger partial charge in [0.15, 0.2) is 0 Å². The number of nitrogens with zero attached hydrogens (tertiary/aromatic N) is 4. The van der Waals surface area contributed by atoms with Crippen LogP contribution in [-0.2, 0) is 28.7 Å². The first-order chi connectivity index (χ1) is 20.1. The van der Waals surface area contributed by atoms with Gasteiger partial charge >= 0.3 is 12.2 Å². The standard InChI is InChI=1S/C29H34F5N5O3/c1-17-12-38(5-6-40-14-17)26-21-15-41-24(20-7-19(35)8-22(31)25(20)29(32,33)34)9-23(21)36-27(37-26)42-16-28-3-2-4-39(28)13-18(10-28)11-30/h7-8,11,17,24H,2-6,9-10,12-16,35H2,1H3/b18-11-/t17?,24-,28-/m0/s1. The first-order valence-corrected chi connectivity index (χ1v) is 14.2. The summed E-state index contributed by atoms with van der Waals surface area (Å²) in [6.45, 7) is 5.92. The minimum absolute atomic E-state index is 0.0565. The molecule has 2 N–H and O–H groups in total. The van der Waals surface area contributed by atoms with Crippen molar-refractivity contribution >= 4 is 11.5 Å². The number of halogens is 5. The van der Waals surface area contributed by atoms with E-state index in [0.29, 0.717) is 68.7 Å². The van der Waals surface area contributed by atoms with Gasteiger partial charge in [-0.2, -0.15) is 23.1 Å². The molecule has 6 rings (SSSR count). The van der Waals surface area contributed by atoms with Crippen LogP contribution in [0.4, 0.5) is 33.5 Å². The van der Waals surface area contributed by atoms with Crippen LogP contribution >= 0.6 is 0 Å². The second-order valence-electron chi connectivity index (χ2n) is 11.8. The average molecular weight is 596 g/mol. The summed E-state index contributed by atoms with van der Waals surface area (Å²) in [6.07, 6.45) is -3.08. The lowest BCUT2D eigenvalue weighted by molar-refractivity contribution is -0.142. The summed E-state index contributed by atoms with van der Waals surface area (Å²) >= 11 is 0. The summed E-state index contributed by atoms with van der Waals surface area (Å²) in [6, 6.07) is 1.87. The van der Waals surface area contributed by atoms with Crippen LogP contribution in [0.5, 0.6) is 6.01 Å². The van der Waals surface area contributed by atoms with Crippen LogP contribution in [0.2, 0.25) is 0 Å². The van der Waals surface area contributed by atoms with Gasteiger partial charge in [-0.05, 0) is 55.0 Å². The van der Waals surface area contributed by atoms with Crippen molar-refractivity contribution in [1.82, 2.24) is 14.9 Å². The predicted octanol–water partition coefficient (Wildman–Crippen LogP) is 4.97. The van der Waals surface area contributed by atoms with Crippen LogP contribution < -0.4 is 15.4 Å². The van der Waals surface area contributed by atoms with Gasteiger partial charge in [0.05, 0.1) is 49.1 Å². The molecule has 8 nitrogen and oxygen atoms in total. The molecule has 4 aliphatic rings. The SMILES string of the molecule is CC1COCCN(c2nc(OC[C@@]34CCCN3C/C(=C\F)C4)nc3c2CO[C@H](c2cc(N)cc(F)c2C(F)(F)F)C3)C1.